The molecule has 7 heteroatoms. The summed E-state index contributed by atoms with van der Waals surface area (Å²) < 4.78 is 40.8. The number of anilines is 1. The molecule has 0 aliphatic rings. The molecular weight excluding hydrogens is 396 g/mol. The molecule has 134 valence electrons. The fraction of sp³-hybridized carbons (Fsp3) is 0.0526. The Morgan fingerprint density at radius 3 is 2.12 bits per heavy atom. The molecule has 0 aromatic heterocycles. The Hall–Kier alpha value is -2.08. The number of benzene rings is 3. The highest BCUT2D eigenvalue weighted by Gasteiger charge is 2.25. The first kappa shape index (κ1) is 18.7. The summed E-state index contributed by atoms with van der Waals surface area (Å²) >= 11 is 12.0. The summed E-state index contributed by atoms with van der Waals surface area (Å²) in [6.07, 6.45) is 0. The Bertz CT molecular complexity index is 1010. The molecule has 0 bridgehead atoms. The monoisotopic (exact) mass is 409 g/mol. The van der Waals surface area contributed by atoms with Gasteiger partial charge in [0.05, 0.1) is 27.2 Å². The van der Waals surface area contributed by atoms with Crippen LogP contribution in [0.4, 0.5) is 10.1 Å². The lowest BCUT2D eigenvalue weighted by Gasteiger charge is -2.25. The molecule has 0 N–H and O–H groups in total. The van der Waals surface area contributed by atoms with Crippen LogP contribution >= 0.6 is 23.2 Å². The van der Waals surface area contributed by atoms with Gasteiger partial charge in [-0.1, -0.05) is 47.5 Å². The van der Waals surface area contributed by atoms with Gasteiger partial charge in [0.25, 0.3) is 10.0 Å². The Kier molecular flexibility index (Phi) is 5.51. The Balaban J connectivity index is 2.07. The molecular formula is C19H14Cl2FNO2S. The summed E-state index contributed by atoms with van der Waals surface area (Å²) in [6, 6.07) is 18.3. The highest BCUT2D eigenvalue weighted by Crippen LogP contribution is 2.28. The third-order valence-corrected chi connectivity index (χ3v) is 6.28. The normalized spacial score (nSPS) is 11.3. The van der Waals surface area contributed by atoms with E-state index >= 15 is 0 Å². The van der Waals surface area contributed by atoms with Crippen molar-refractivity contribution in [1.82, 2.24) is 0 Å². The lowest BCUT2D eigenvalue weighted by molar-refractivity contribution is 0.590. The van der Waals surface area contributed by atoms with Crippen LogP contribution in [-0.4, -0.2) is 8.42 Å². The predicted octanol–water partition coefficient (Wildman–Crippen LogP) is 5.53. The van der Waals surface area contributed by atoms with Crippen molar-refractivity contribution >= 4 is 38.9 Å². The van der Waals surface area contributed by atoms with Gasteiger partial charge in [0.2, 0.25) is 0 Å². The van der Waals surface area contributed by atoms with Crippen LogP contribution < -0.4 is 4.31 Å². The molecule has 3 rings (SSSR count). The lowest BCUT2D eigenvalue weighted by atomic mass is 10.2. The minimum absolute atomic E-state index is 0.0275. The zero-order valence-corrected chi connectivity index (χ0v) is 15.8. The van der Waals surface area contributed by atoms with Gasteiger partial charge in [-0.05, 0) is 54.1 Å². The van der Waals surface area contributed by atoms with Crippen LogP contribution in [0.5, 0.6) is 0 Å². The van der Waals surface area contributed by atoms with Crippen molar-refractivity contribution in [1.29, 1.82) is 0 Å². The molecule has 3 aromatic carbocycles. The summed E-state index contributed by atoms with van der Waals surface area (Å²) in [7, 11) is -3.85. The predicted molar refractivity (Wildman–Crippen MR) is 103 cm³/mol. The van der Waals surface area contributed by atoms with Crippen LogP contribution in [0.3, 0.4) is 0 Å². The number of hydrogen-bond donors (Lipinski definition) is 0. The van der Waals surface area contributed by atoms with Gasteiger partial charge in [0.15, 0.2) is 0 Å². The summed E-state index contributed by atoms with van der Waals surface area (Å²) in [5, 5.41) is 0.718. The molecule has 0 atom stereocenters. The van der Waals surface area contributed by atoms with Crippen LogP contribution in [-0.2, 0) is 16.6 Å². The molecule has 3 nitrogen and oxygen atoms in total. The highest BCUT2D eigenvalue weighted by molar-refractivity contribution is 7.92. The van der Waals surface area contributed by atoms with E-state index < -0.39 is 15.8 Å². The van der Waals surface area contributed by atoms with E-state index in [2.05, 4.69) is 0 Å². The van der Waals surface area contributed by atoms with Gasteiger partial charge in [-0.25, -0.2) is 12.8 Å². The van der Waals surface area contributed by atoms with Gasteiger partial charge in [-0.2, -0.15) is 0 Å². The molecule has 0 unspecified atom stereocenters. The number of halogens is 3. The molecule has 0 spiro atoms. The second kappa shape index (κ2) is 7.66. The smallest absolute Gasteiger partial charge is 0.262 e. The molecule has 0 saturated carbocycles. The molecule has 0 amide bonds. The second-order valence-electron chi connectivity index (χ2n) is 5.55. The standard InChI is InChI=1S/C19H14Cl2FNO2S/c20-18-11-6-14(12-19(18)21)13-23(16-9-7-15(22)8-10-16)26(24,25)17-4-2-1-3-5-17/h1-12H,13H2. The van der Waals surface area contributed by atoms with Crippen LogP contribution in [0.25, 0.3) is 0 Å². The van der Waals surface area contributed by atoms with Gasteiger partial charge in [0, 0.05) is 0 Å². The maximum Gasteiger partial charge on any atom is 0.264 e. The molecule has 0 saturated heterocycles. The summed E-state index contributed by atoms with van der Waals surface area (Å²) in [5.41, 5.74) is 1.00. The first-order valence-electron chi connectivity index (χ1n) is 7.65. The van der Waals surface area contributed by atoms with Crippen molar-refractivity contribution < 1.29 is 12.8 Å². The van der Waals surface area contributed by atoms with Crippen molar-refractivity contribution in [3.05, 3.63) is 94.2 Å². The van der Waals surface area contributed by atoms with E-state index in [1.54, 1.807) is 36.4 Å². The van der Waals surface area contributed by atoms with Crippen molar-refractivity contribution in [2.75, 3.05) is 4.31 Å². The average Bonchev–Trinajstić information content (AvgIpc) is 2.64. The third kappa shape index (κ3) is 4.01. The van der Waals surface area contributed by atoms with E-state index in [1.165, 1.54) is 40.7 Å². The maximum atomic E-state index is 13.3. The van der Waals surface area contributed by atoms with Crippen molar-refractivity contribution in [2.45, 2.75) is 11.4 Å². The number of sulfonamides is 1. The maximum absolute atomic E-state index is 13.3. The molecule has 0 heterocycles. The van der Waals surface area contributed by atoms with Gasteiger partial charge < -0.3 is 0 Å². The average molecular weight is 410 g/mol. The molecule has 26 heavy (non-hydrogen) atoms. The van der Waals surface area contributed by atoms with Crippen LogP contribution in [0.15, 0.2) is 77.7 Å². The number of hydrogen-bond acceptors (Lipinski definition) is 2. The largest absolute Gasteiger partial charge is 0.264 e. The van der Waals surface area contributed by atoms with Crippen molar-refractivity contribution in [2.24, 2.45) is 0 Å². The lowest BCUT2D eigenvalue weighted by Crippen LogP contribution is -2.30. The minimum Gasteiger partial charge on any atom is -0.262 e. The van der Waals surface area contributed by atoms with Crippen molar-refractivity contribution in [3.8, 4) is 0 Å². The SMILES string of the molecule is O=S(=O)(c1ccccc1)N(Cc1ccc(Cl)c(Cl)c1)c1ccc(F)cc1. The third-order valence-electron chi connectivity index (χ3n) is 3.76. The van der Waals surface area contributed by atoms with E-state index in [4.69, 9.17) is 23.2 Å². The van der Waals surface area contributed by atoms with E-state index in [-0.39, 0.29) is 11.4 Å². The summed E-state index contributed by atoms with van der Waals surface area (Å²) in [5.74, 6) is -0.444. The Morgan fingerprint density at radius 2 is 1.50 bits per heavy atom. The van der Waals surface area contributed by atoms with Crippen molar-refractivity contribution in [3.63, 3.8) is 0 Å². The first-order valence-corrected chi connectivity index (χ1v) is 9.85. The fourth-order valence-corrected chi connectivity index (χ4v) is 4.24. The fourth-order valence-electron chi connectivity index (χ4n) is 2.45. The zero-order chi connectivity index (χ0) is 18.7. The topological polar surface area (TPSA) is 37.4 Å². The molecule has 0 fully saturated rings. The molecule has 0 aliphatic carbocycles. The van der Waals surface area contributed by atoms with Crippen LogP contribution in [0.1, 0.15) is 5.56 Å². The first-order chi connectivity index (χ1) is 12.4. The summed E-state index contributed by atoms with van der Waals surface area (Å²) in [4.78, 5) is 0.143. The van der Waals surface area contributed by atoms with E-state index in [0.717, 1.165) is 0 Å². The van der Waals surface area contributed by atoms with E-state index in [1.807, 2.05) is 0 Å². The number of nitrogens with zero attached hydrogens (tertiary/aromatic N) is 1. The van der Waals surface area contributed by atoms with Gasteiger partial charge >= 0.3 is 0 Å². The van der Waals surface area contributed by atoms with Gasteiger partial charge in [-0.3, -0.25) is 4.31 Å². The summed E-state index contributed by atoms with van der Waals surface area (Å²) in [6.45, 7) is 0.0275. The Labute approximate surface area is 161 Å². The van der Waals surface area contributed by atoms with Gasteiger partial charge in [-0.15, -0.1) is 0 Å². The van der Waals surface area contributed by atoms with E-state index in [9.17, 15) is 12.8 Å². The van der Waals surface area contributed by atoms with Crippen LogP contribution in [0, 0.1) is 5.82 Å². The van der Waals surface area contributed by atoms with Crippen LogP contribution in [0.2, 0.25) is 10.0 Å². The van der Waals surface area contributed by atoms with E-state index in [0.29, 0.717) is 21.3 Å². The molecule has 3 aromatic rings. The minimum atomic E-state index is -3.85. The number of rotatable bonds is 5. The molecule has 0 aliphatic heterocycles. The highest BCUT2D eigenvalue weighted by atomic mass is 35.5. The Morgan fingerprint density at radius 1 is 0.846 bits per heavy atom. The molecule has 0 radical (unpaired) electrons. The van der Waals surface area contributed by atoms with Gasteiger partial charge in [0.1, 0.15) is 5.82 Å². The zero-order valence-electron chi connectivity index (χ0n) is 13.4. The second-order valence-corrected chi connectivity index (χ2v) is 8.23. The quantitative estimate of drug-likeness (QED) is 0.555.